The first-order valence-corrected chi connectivity index (χ1v) is 7.64. The van der Waals surface area contributed by atoms with Crippen molar-refractivity contribution in [2.75, 3.05) is 0 Å². The zero-order valence-corrected chi connectivity index (χ0v) is 14.5. The first kappa shape index (κ1) is 16.8. The molecule has 0 spiro atoms. The maximum absolute atomic E-state index is 12.3. The molecule has 0 unspecified atom stereocenters. The molecule has 0 fully saturated rings. The van der Waals surface area contributed by atoms with Crippen molar-refractivity contribution >= 4 is 6.21 Å². The van der Waals surface area contributed by atoms with Gasteiger partial charge in [-0.1, -0.05) is 0 Å². The van der Waals surface area contributed by atoms with E-state index in [4.69, 9.17) is 5.26 Å². The van der Waals surface area contributed by atoms with E-state index in [1.165, 1.54) is 4.68 Å². The van der Waals surface area contributed by atoms with Crippen LogP contribution in [0.15, 0.2) is 22.0 Å². The smallest absolute Gasteiger partial charge is 0.289 e. The minimum atomic E-state index is -0.376. The van der Waals surface area contributed by atoms with Crippen molar-refractivity contribution in [3.05, 3.63) is 56.3 Å². The van der Waals surface area contributed by atoms with Gasteiger partial charge in [0, 0.05) is 28.7 Å². The second kappa shape index (κ2) is 6.25. The van der Waals surface area contributed by atoms with E-state index in [9.17, 15) is 4.79 Å². The summed E-state index contributed by atoms with van der Waals surface area (Å²) in [7, 11) is 0. The first-order valence-electron chi connectivity index (χ1n) is 7.64. The van der Waals surface area contributed by atoms with E-state index in [2.05, 4.69) is 36.5 Å². The van der Waals surface area contributed by atoms with Crippen LogP contribution in [-0.2, 0) is 0 Å². The third-order valence-corrected chi connectivity index (χ3v) is 4.02. The van der Waals surface area contributed by atoms with Gasteiger partial charge in [0.05, 0.1) is 6.21 Å². The molecular formula is C18H22N4O. The Morgan fingerprint density at radius 3 is 2.35 bits per heavy atom. The highest BCUT2D eigenvalue weighted by molar-refractivity contribution is 5.81. The van der Waals surface area contributed by atoms with Crippen LogP contribution in [0.2, 0.25) is 0 Å². The van der Waals surface area contributed by atoms with Crippen LogP contribution in [-0.4, -0.2) is 15.5 Å². The lowest BCUT2D eigenvalue weighted by atomic mass is 10.1. The van der Waals surface area contributed by atoms with Crippen molar-refractivity contribution in [1.82, 2.24) is 9.24 Å². The number of hydrogen-bond donors (Lipinski definition) is 0. The Balaban J connectivity index is 2.53. The summed E-state index contributed by atoms with van der Waals surface area (Å²) in [5, 5.41) is 13.4. The van der Waals surface area contributed by atoms with Crippen molar-refractivity contribution < 1.29 is 0 Å². The minimum absolute atomic E-state index is 0.139. The van der Waals surface area contributed by atoms with E-state index in [1.54, 1.807) is 19.2 Å². The molecule has 0 aliphatic rings. The molecule has 0 aliphatic carbocycles. The molecule has 5 nitrogen and oxygen atoms in total. The summed E-state index contributed by atoms with van der Waals surface area (Å²) in [4.78, 5) is 12.3. The summed E-state index contributed by atoms with van der Waals surface area (Å²) in [6.45, 7) is 11.9. The topological polar surface area (TPSA) is 63.1 Å². The Morgan fingerprint density at radius 1 is 1.17 bits per heavy atom. The van der Waals surface area contributed by atoms with Crippen molar-refractivity contribution in [3.8, 4) is 6.07 Å². The highest BCUT2D eigenvalue weighted by Gasteiger charge is 2.11. The van der Waals surface area contributed by atoms with E-state index in [0.717, 1.165) is 17.0 Å². The molecule has 0 N–H and O–H groups in total. The van der Waals surface area contributed by atoms with Gasteiger partial charge in [-0.2, -0.15) is 10.4 Å². The third-order valence-electron chi connectivity index (χ3n) is 4.02. The molecular weight excluding hydrogens is 288 g/mol. The lowest BCUT2D eigenvalue weighted by Crippen LogP contribution is -2.22. The zero-order chi connectivity index (χ0) is 17.3. The third kappa shape index (κ3) is 2.98. The summed E-state index contributed by atoms with van der Waals surface area (Å²) in [6.07, 6.45) is 1.69. The van der Waals surface area contributed by atoms with Gasteiger partial charge in [-0.25, -0.2) is 4.68 Å². The Hall–Kier alpha value is -2.61. The number of aryl methyl sites for hydroxylation is 3. The monoisotopic (exact) mass is 310 g/mol. The molecule has 0 radical (unpaired) electrons. The van der Waals surface area contributed by atoms with Crippen LogP contribution in [0.25, 0.3) is 0 Å². The molecule has 2 aromatic rings. The summed E-state index contributed by atoms with van der Waals surface area (Å²) in [5.41, 5.74) is 4.39. The molecule has 0 amide bonds. The van der Waals surface area contributed by atoms with Gasteiger partial charge >= 0.3 is 0 Å². The lowest BCUT2D eigenvalue weighted by Gasteiger charge is -2.13. The standard InChI is InChI=1S/C18H22N4O/c1-11(2)21-13(4)8-16(15(21)6)10-20-22-14(5)7-12(3)17(9-19)18(22)23/h7-8,10-11H,1-6H3/b20-10-. The van der Waals surface area contributed by atoms with Gasteiger partial charge in [-0.15, -0.1) is 0 Å². The van der Waals surface area contributed by atoms with Crippen molar-refractivity contribution in [2.24, 2.45) is 5.10 Å². The molecule has 0 saturated carbocycles. The zero-order valence-electron chi connectivity index (χ0n) is 14.5. The van der Waals surface area contributed by atoms with E-state index in [-0.39, 0.29) is 11.1 Å². The number of nitriles is 1. The first-order chi connectivity index (χ1) is 10.8. The quantitative estimate of drug-likeness (QED) is 0.817. The highest BCUT2D eigenvalue weighted by Crippen LogP contribution is 2.18. The average molecular weight is 310 g/mol. The summed E-state index contributed by atoms with van der Waals surface area (Å²) in [5.74, 6) is 0. The minimum Gasteiger partial charge on any atom is -0.346 e. The highest BCUT2D eigenvalue weighted by atomic mass is 16.1. The molecule has 2 heterocycles. The molecule has 120 valence electrons. The molecule has 0 aromatic carbocycles. The molecule has 0 aliphatic heterocycles. The number of pyridine rings is 1. The lowest BCUT2D eigenvalue weighted by molar-refractivity contribution is 0.574. The Labute approximate surface area is 136 Å². The molecule has 0 saturated heterocycles. The maximum atomic E-state index is 12.3. The van der Waals surface area contributed by atoms with Crippen molar-refractivity contribution in [2.45, 2.75) is 47.6 Å². The summed E-state index contributed by atoms with van der Waals surface area (Å²) in [6, 6.07) is 6.18. The summed E-state index contributed by atoms with van der Waals surface area (Å²) >= 11 is 0. The number of rotatable bonds is 3. The largest absolute Gasteiger partial charge is 0.346 e. The number of hydrogen-bond acceptors (Lipinski definition) is 3. The average Bonchev–Trinajstić information content (AvgIpc) is 2.73. The SMILES string of the molecule is Cc1cc(C)n(/N=C\c2cc(C)n(C(C)C)c2C)c(=O)c1C#N. The number of nitrogens with zero attached hydrogens (tertiary/aromatic N) is 4. The van der Waals surface area contributed by atoms with Gasteiger partial charge in [0.2, 0.25) is 0 Å². The van der Waals surface area contributed by atoms with Crippen LogP contribution in [0.4, 0.5) is 0 Å². The molecule has 2 aromatic heterocycles. The fraction of sp³-hybridized carbons (Fsp3) is 0.389. The van der Waals surface area contributed by atoms with Gasteiger partial charge in [0.15, 0.2) is 0 Å². The van der Waals surface area contributed by atoms with E-state index >= 15 is 0 Å². The Morgan fingerprint density at radius 2 is 1.83 bits per heavy atom. The van der Waals surface area contributed by atoms with E-state index in [0.29, 0.717) is 17.3 Å². The molecule has 5 heteroatoms. The van der Waals surface area contributed by atoms with Gasteiger partial charge in [-0.05, 0) is 59.2 Å². The second-order valence-electron chi connectivity index (χ2n) is 6.11. The van der Waals surface area contributed by atoms with E-state index in [1.807, 2.05) is 19.9 Å². The van der Waals surface area contributed by atoms with Crippen molar-refractivity contribution in [1.29, 1.82) is 5.26 Å². The fourth-order valence-corrected chi connectivity index (χ4v) is 3.01. The summed E-state index contributed by atoms with van der Waals surface area (Å²) < 4.78 is 3.51. The maximum Gasteiger partial charge on any atom is 0.289 e. The van der Waals surface area contributed by atoms with Crippen LogP contribution < -0.4 is 5.56 Å². The predicted molar refractivity (Wildman–Crippen MR) is 92.2 cm³/mol. The van der Waals surface area contributed by atoms with Crippen molar-refractivity contribution in [3.63, 3.8) is 0 Å². The van der Waals surface area contributed by atoms with Crippen LogP contribution in [0.1, 0.15) is 53.7 Å². The predicted octanol–water partition coefficient (Wildman–Crippen LogP) is 3.22. The van der Waals surface area contributed by atoms with Gasteiger partial charge in [-0.3, -0.25) is 4.79 Å². The van der Waals surface area contributed by atoms with Gasteiger partial charge in [0.25, 0.3) is 5.56 Å². The van der Waals surface area contributed by atoms with E-state index < -0.39 is 0 Å². The van der Waals surface area contributed by atoms with Crippen LogP contribution in [0.3, 0.4) is 0 Å². The van der Waals surface area contributed by atoms with Crippen LogP contribution in [0, 0.1) is 39.0 Å². The second-order valence-corrected chi connectivity index (χ2v) is 6.11. The fourth-order valence-electron chi connectivity index (χ4n) is 3.01. The molecule has 2 rings (SSSR count). The Bertz CT molecular complexity index is 876. The van der Waals surface area contributed by atoms with Gasteiger partial charge < -0.3 is 4.57 Å². The molecule has 0 atom stereocenters. The van der Waals surface area contributed by atoms with Crippen LogP contribution in [0.5, 0.6) is 0 Å². The molecule has 0 bridgehead atoms. The van der Waals surface area contributed by atoms with Crippen LogP contribution >= 0.6 is 0 Å². The number of aromatic nitrogens is 2. The Kier molecular flexibility index (Phi) is 4.55. The normalized spacial score (nSPS) is 11.4. The molecule has 23 heavy (non-hydrogen) atoms. The van der Waals surface area contributed by atoms with Gasteiger partial charge in [0.1, 0.15) is 11.6 Å².